The molecule has 1 saturated carbocycles. The third kappa shape index (κ3) is 6.78. The SMILES string of the molecule is CC(=O)CCCc1ccc(OC2CCC(OCc3ccccc3)C(O)C2O)cc1-c1cccc(F)c1. The molecule has 0 radical (unpaired) electrons. The van der Waals surface area contributed by atoms with Crippen LogP contribution in [0.25, 0.3) is 11.1 Å². The summed E-state index contributed by atoms with van der Waals surface area (Å²) < 4.78 is 26.0. The number of benzene rings is 3. The maximum absolute atomic E-state index is 14.0. The minimum Gasteiger partial charge on any atom is -0.488 e. The first-order valence-corrected chi connectivity index (χ1v) is 12.5. The van der Waals surface area contributed by atoms with Crippen molar-refractivity contribution in [1.82, 2.24) is 0 Å². The Labute approximate surface area is 211 Å². The van der Waals surface area contributed by atoms with E-state index in [1.165, 1.54) is 12.1 Å². The Hall–Kier alpha value is -3.06. The molecular weight excluding hydrogens is 459 g/mol. The summed E-state index contributed by atoms with van der Waals surface area (Å²) in [6.07, 6.45) is -0.309. The fourth-order valence-electron chi connectivity index (χ4n) is 4.67. The number of ketones is 1. The second-order valence-electron chi connectivity index (χ2n) is 9.43. The maximum atomic E-state index is 14.0. The molecule has 0 amide bonds. The molecule has 4 atom stereocenters. The molecule has 2 N–H and O–H groups in total. The van der Waals surface area contributed by atoms with Crippen LogP contribution in [0.5, 0.6) is 5.75 Å². The van der Waals surface area contributed by atoms with Crippen LogP contribution in [0.15, 0.2) is 72.8 Å². The standard InChI is InChI=1S/C30H33FO5/c1-20(32)7-5-10-22-13-14-25(18-26(22)23-11-6-12-24(31)17-23)36-28-16-15-27(29(33)30(28)34)35-19-21-8-3-2-4-9-21/h2-4,6,8-9,11-14,17-18,27-30,33-34H,5,7,10,15-16,19H2,1H3. The molecule has 6 heteroatoms. The molecule has 0 spiro atoms. The molecule has 4 rings (SSSR count). The summed E-state index contributed by atoms with van der Waals surface area (Å²) in [6.45, 7) is 1.94. The predicted molar refractivity (Wildman–Crippen MR) is 136 cm³/mol. The molecule has 0 heterocycles. The topological polar surface area (TPSA) is 76.0 Å². The predicted octanol–water partition coefficient (Wildman–Crippen LogP) is 5.25. The van der Waals surface area contributed by atoms with Gasteiger partial charge >= 0.3 is 0 Å². The van der Waals surface area contributed by atoms with Gasteiger partial charge in [-0.05, 0) is 79.1 Å². The fourth-order valence-corrected chi connectivity index (χ4v) is 4.67. The minimum absolute atomic E-state index is 0.137. The third-order valence-corrected chi connectivity index (χ3v) is 6.63. The number of carbonyl (C=O) groups is 1. The molecule has 3 aromatic rings. The van der Waals surface area contributed by atoms with Crippen LogP contribution in [0.1, 0.15) is 43.7 Å². The van der Waals surface area contributed by atoms with E-state index in [1.54, 1.807) is 13.0 Å². The first-order valence-electron chi connectivity index (χ1n) is 12.5. The third-order valence-electron chi connectivity index (χ3n) is 6.63. The molecule has 36 heavy (non-hydrogen) atoms. The summed E-state index contributed by atoms with van der Waals surface area (Å²) in [4.78, 5) is 11.4. The van der Waals surface area contributed by atoms with Crippen molar-refractivity contribution in [2.45, 2.75) is 70.1 Å². The second-order valence-corrected chi connectivity index (χ2v) is 9.43. The van der Waals surface area contributed by atoms with E-state index >= 15 is 0 Å². The summed E-state index contributed by atoms with van der Waals surface area (Å²) >= 11 is 0. The quantitative estimate of drug-likeness (QED) is 0.404. The molecule has 0 saturated heterocycles. The van der Waals surface area contributed by atoms with Crippen molar-refractivity contribution in [2.24, 2.45) is 0 Å². The highest BCUT2D eigenvalue weighted by molar-refractivity contribution is 5.75. The summed E-state index contributed by atoms with van der Waals surface area (Å²) in [5, 5.41) is 21.5. The normalized spacial score (nSPS) is 21.8. The van der Waals surface area contributed by atoms with E-state index in [-0.39, 0.29) is 11.6 Å². The Kier molecular flexibility index (Phi) is 8.86. The van der Waals surface area contributed by atoms with E-state index in [4.69, 9.17) is 9.47 Å². The van der Waals surface area contributed by atoms with Gasteiger partial charge in [-0.2, -0.15) is 0 Å². The van der Waals surface area contributed by atoms with E-state index in [2.05, 4.69) is 0 Å². The number of halogens is 1. The van der Waals surface area contributed by atoms with Crippen LogP contribution in [0.2, 0.25) is 0 Å². The van der Waals surface area contributed by atoms with Crippen molar-refractivity contribution >= 4 is 5.78 Å². The number of ether oxygens (including phenoxy) is 2. The molecule has 190 valence electrons. The van der Waals surface area contributed by atoms with Gasteiger partial charge in [-0.1, -0.05) is 48.5 Å². The van der Waals surface area contributed by atoms with Crippen molar-refractivity contribution in [3.63, 3.8) is 0 Å². The first-order chi connectivity index (χ1) is 17.4. The van der Waals surface area contributed by atoms with Crippen LogP contribution in [-0.4, -0.2) is 40.4 Å². The van der Waals surface area contributed by atoms with Crippen molar-refractivity contribution in [2.75, 3.05) is 0 Å². The molecule has 1 fully saturated rings. The Morgan fingerprint density at radius 2 is 1.69 bits per heavy atom. The zero-order valence-electron chi connectivity index (χ0n) is 20.5. The first kappa shape index (κ1) is 26.0. The zero-order chi connectivity index (χ0) is 25.5. The number of hydrogen-bond acceptors (Lipinski definition) is 5. The Balaban J connectivity index is 1.45. The molecule has 5 nitrogen and oxygen atoms in total. The van der Waals surface area contributed by atoms with Crippen molar-refractivity contribution < 1.29 is 28.9 Å². The zero-order valence-corrected chi connectivity index (χ0v) is 20.5. The monoisotopic (exact) mass is 492 g/mol. The minimum atomic E-state index is -1.10. The Morgan fingerprint density at radius 3 is 2.44 bits per heavy atom. The number of aliphatic hydroxyl groups is 2. The van der Waals surface area contributed by atoms with E-state index in [9.17, 15) is 19.4 Å². The largest absolute Gasteiger partial charge is 0.488 e. The highest BCUT2D eigenvalue weighted by Crippen LogP contribution is 2.32. The van der Waals surface area contributed by atoms with Gasteiger partial charge in [0.05, 0.1) is 12.7 Å². The fraction of sp³-hybridized carbons (Fsp3) is 0.367. The number of carbonyl (C=O) groups excluding carboxylic acids is 1. The van der Waals surface area contributed by atoms with Crippen molar-refractivity contribution in [3.8, 4) is 16.9 Å². The number of aryl methyl sites for hydroxylation is 1. The summed E-state index contributed by atoms with van der Waals surface area (Å²) in [5.74, 6) is 0.337. The highest BCUT2D eigenvalue weighted by Gasteiger charge is 2.39. The molecule has 3 aromatic carbocycles. The molecule has 1 aliphatic carbocycles. The van der Waals surface area contributed by atoms with Gasteiger partial charge in [-0.3, -0.25) is 0 Å². The number of aliphatic hydroxyl groups excluding tert-OH is 2. The lowest BCUT2D eigenvalue weighted by molar-refractivity contribution is -0.150. The van der Waals surface area contributed by atoms with Crippen LogP contribution in [0.3, 0.4) is 0 Å². The average Bonchev–Trinajstić information content (AvgIpc) is 2.87. The van der Waals surface area contributed by atoms with E-state index in [0.717, 1.165) is 22.3 Å². The van der Waals surface area contributed by atoms with Crippen LogP contribution < -0.4 is 4.74 Å². The van der Waals surface area contributed by atoms with Gasteiger partial charge in [-0.25, -0.2) is 4.39 Å². The van der Waals surface area contributed by atoms with Crippen molar-refractivity contribution in [1.29, 1.82) is 0 Å². The number of rotatable bonds is 10. The van der Waals surface area contributed by atoms with Gasteiger partial charge in [-0.15, -0.1) is 0 Å². The Morgan fingerprint density at radius 1 is 0.944 bits per heavy atom. The van der Waals surface area contributed by atoms with Gasteiger partial charge in [0.2, 0.25) is 0 Å². The van der Waals surface area contributed by atoms with Gasteiger partial charge < -0.3 is 24.5 Å². The van der Waals surface area contributed by atoms with Gasteiger partial charge in [0.25, 0.3) is 0 Å². The Bertz CT molecular complexity index is 1150. The van der Waals surface area contributed by atoms with Gasteiger partial charge in [0.15, 0.2) is 0 Å². The lowest BCUT2D eigenvalue weighted by Crippen LogP contribution is -2.52. The maximum Gasteiger partial charge on any atom is 0.129 e. The van der Waals surface area contributed by atoms with E-state index in [1.807, 2.05) is 54.6 Å². The van der Waals surface area contributed by atoms with E-state index in [0.29, 0.717) is 44.5 Å². The van der Waals surface area contributed by atoms with E-state index < -0.39 is 24.4 Å². The lowest BCUT2D eigenvalue weighted by atomic mass is 9.89. The smallest absolute Gasteiger partial charge is 0.129 e. The number of hydrogen-bond donors (Lipinski definition) is 2. The molecule has 4 unspecified atom stereocenters. The van der Waals surface area contributed by atoms with Gasteiger partial charge in [0.1, 0.15) is 35.7 Å². The molecule has 0 aliphatic heterocycles. The van der Waals surface area contributed by atoms with Crippen LogP contribution in [0.4, 0.5) is 4.39 Å². The molecule has 0 bridgehead atoms. The van der Waals surface area contributed by atoms with Crippen LogP contribution in [-0.2, 0) is 22.6 Å². The van der Waals surface area contributed by atoms with Crippen LogP contribution >= 0.6 is 0 Å². The van der Waals surface area contributed by atoms with Gasteiger partial charge in [0, 0.05) is 6.42 Å². The average molecular weight is 493 g/mol. The molecular formula is C30H33FO5. The molecule has 0 aromatic heterocycles. The summed E-state index contributed by atoms with van der Waals surface area (Å²) in [6, 6.07) is 21.7. The summed E-state index contributed by atoms with van der Waals surface area (Å²) in [7, 11) is 0. The summed E-state index contributed by atoms with van der Waals surface area (Å²) in [5.41, 5.74) is 3.54. The highest BCUT2D eigenvalue weighted by atomic mass is 19.1. The van der Waals surface area contributed by atoms with Crippen molar-refractivity contribution in [3.05, 3.63) is 89.7 Å². The second kappa shape index (κ2) is 12.3. The van der Waals surface area contributed by atoms with Crippen LogP contribution in [0, 0.1) is 5.82 Å². The number of Topliss-reactive ketones (excluding diaryl/α,β-unsaturated/α-hetero) is 1. The lowest BCUT2D eigenvalue weighted by Gasteiger charge is -2.37. The molecule has 1 aliphatic rings.